The molecule has 0 atom stereocenters. The molecule has 1 amide bonds. The fourth-order valence-corrected chi connectivity index (χ4v) is 3.69. The zero-order chi connectivity index (χ0) is 26.8. The molecule has 0 fully saturated rings. The highest BCUT2D eigenvalue weighted by atomic mass is 32.2. The summed E-state index contributed by atoms with van der Waals surface area (Å²) in [6.07, 6.45) is 6.08. The summed E-state index contributed by atoms with van der Waals surface area (Å²) < 4.78 is 21.3. The van der Waals surface area contributed by atoms with Crippen LogP contribution in [0, 0.1) is 0 Å². The lowest BCUT2D eigenvalue weighted by Crippen LogP contribution is -2.25. The van der Waals surface area contributed by atoms with Crippen LogP contribution < -0.4 is 20.9 Å². The topological polar surface area (TPSA) is 134 Å². The van der Waals surface area contributed by atoms with Gasteiger partial charge in [0, 0.05) is 67.1 Å². The van der Waals surface area contributed by atoms with E-state index in [0.29, 0.717) is 18.2 Å². The van der Waals surface area contributed by atoms with Gasteiger partial charge in [0.15, 0.2) is 5.82 Å². The Morgan fingerprint density at radius 1 is 1.16 bits per heavy atom. The summed E-state index contributed by atoms with van der Waals surface area (Å²) in [6, 6.07) is 12.9. The Hall–Kier alpha value is -4.03. The van der Waals surface area contributed by atoms with Gasteiger partial charge in [-0.2, -0.15) is 9.35 Å². The third kappa shape index (κ3) is 8.54. The van der Waals surface area contributed by atoms with Gasteiger partial charge >= 0.3 is 0 Å². The van der Waals surface area contributed by atoms with Gasteiger partial charge in [-0.3, -0.25) is 4.79 Å². The molecule has 196 valence electrons. The number of nitrogens with one attached hydrogen (secondary N) is 3. The summed E-state index contributed by atoms with van der Waals surface area (Å²) in [4.78, 5) is 28.0. The summed E-state index contributed by atoms with van der Waals surface area (Å²) in [5.74, 6) is 0.849. The van der Waals surface area contributed by atoms with Crippen LogP contribution in [-0.4, -0.2) is 71.4 Å². The van der Waals surface area contributed by atoms with E-state index in [1.165, 1.54) is 18.7 Å². The van der Waals surface area contributed by atoms with Crippen molar-refractivity contribution in [1.29, 1.82) is 0 Å². The van der Waals surface area contributed by atoms with Gasteiger partial charge in [-0.15, -0.1) is 6.58 Å². The maximum absolute atomic E-state index is 12.7. The van der Waals surface area contributed by atoms with E-state index in [4.69, 9.17) is 4.74 Å². The van der Waals surface area contributed by atoms with E-state index < -0.39 is 9.73 Å². The molecule has 0 radical (unpaired) electrons. The van der Waals surface area contributed by atoms with Gasteiger partial charge in [0.1, 0.15) is 17.2 Å². The first kappa shape index (κ1) is 27.6. The second-order valence-corrected chi connectivity index (χ2v) is 10.9. The van der Waals surface area contributed by atoms with Crippen LogP contribution >= 0.6 is 0 Å². The van der Waals surface area contributed by atoms with Crippen molar-refractivity contribution in [2.24, 2.45) is 4.36 Å². The molecule has 12 heteroatoms. The number of rotatable bonds is 12. The SMILES string of the molecule is C=CCNC(=O)c1cnc(Nc2ccc(N(C)CCOC)cc2)nc1Nc1cccc(N=S(C)(C)=O)n1. The van der Waals surface area contributed by atoms with Crippen molar-refractivity contribution in [3.05, 3.63) is 66.9 Å². The third-order valence-corrected chi connectivity index (χ3v) is 5.56. The van der Waals surface area contributed by atoms with Crippen molar-refractivity contribution in [3.8, 4) is 0 Å². The Morgan fingerprint density at radius 3 is 2.59 bits per heavy atom. The Bertz CT molecular complexity index is 1350. The van der Waals surface area contributed by atoms with Crippen molar-refractivity contribution >= 4 is 50.4 Å². The first-order chi connectivity index (χ1) is 17.7. The Morgan fingerprint density at radius 2 is 1.92 bits per heavy atom. The average molecular weight is 525 g/mol. The maximum Gasteiger partial charge on any atom is 0.256 e. The van der Waals surface area contributed by atoms with Crippen molar-refractivity contribution < 1.29 is 13.7 Å². The molecule has 2 aromatic heterocycles. The highest BCUT2D eigenvalue weighted by Crippen LogP contribution is 2.23. The molecule has 0 bridgehead atoms. The number of benzene rings is 1. The molecule has 0 aliphatic heterocycles. The molecule has 3 aromatic rings. The predicted octanol–water partition coefficient (Wildman–Crippen LogP) is 3.72. The normalized spacial score (nSPS) is 10.9. The number of carbonyl (C=O) groups is 1. The van der Waals surface area contributed by atoms with E-state index in [1.807, 2.05) is 31.3 Å². The van der Waals surface area contributed by atoms with Crippen molar-refractivity contribution in [2.45, 2.75) is 0 Å². The molecular formula is C25H32N8O3S. The quantitative estimate of drug-likeness (QED) is 0.303. The minimum absolute atomic E-state index is 0.224. The molecular weight excluding hydrogens is 492 g/mol. The van der Waals surface area contributed by atoms with Crippen molar-refractivity contribution in [2.75, 3.05) is 61.9 Å². The number of amides is 1. The number of pyridine rings is 1. The molecule has 11 nitrogen and oxygen atoms in total. The second kappa shape index (κ2) is 12.8. The molecule has 0 saturated heterocycles. The lowest BCUT2D eigenvalue weighted by atomic mass is 10.2. The first-order valence-electron chi connectivity index (χ1n) is 11.4. The molecule has 0 saturated carbocycles. The van der Waals surface area contributed by atoms with E-state index >= 15 is 0 Å². The summed E-state index contributed by atoms with van der Waals surface area (Å²) in [5.41, 5.74) is 2.04. The monoisotopic (exact) mass is 524 g/mol. The molecule has 3 rings (SSSR count). The fourth-order valence-electron chi connectivity index (χ4n) is 3.14. The van der Waals surface area contributed by atoms with Crippen molar-refractivity contribution in [1.82, 2.24) is 20.3 Å². The zero-order valence-corrected chi connectivity index (χ0v) is 22.2. The highest BCUT2D eigenvalue weighted by Gasteiger charge is 2.16. The maximum atomic E-state index is 12.7. The molecule has 0 spiro atoms. The summed E-state index contributed by atoms with van der Waals surface area (Å²) >= 11 is 0. The average Bonchev–Trinajstić information content (AvgIpc) is 2.85. The molecule has 1 aromatic carbocycles. The number of carbonyl (C=O) groups excluding carboxylic acids is 1. The van der Waals surface area contributed by atoms with E-state index in [-0.39, 0.29) is 29.8 Å². The van der Waals surface area contributed by atoms with Crippen LogP contribution in [0.2, 0.25) is 0 Å². The largest absolute Gasteiger partial charge is 0.383 e. The number of likely N-dealkylation sites (N-methyl/N-ethyl adjacent to an activating group) is 1. The minimum Gasteiger partial charge on any atom is -0.383 e. The van der Waals surface area contributed by atoms with E-state index in [0.717, 1.165) is 17.9 Å². The second-order valence-electron chi connectivity index (χ2n) is 8.32. The van der Waals surface area contributed by atoms with Gasteiger partial charge in [-0.25, -0.2) is 14.2 Å². The van der Waals surface area contributed by atoms with Gasteiger partial charge in [-0.1, -0.05) is 12.1 Å². The third-order valence-electron chi connectivity index (χ3n) is 4.93. The lowest BCUT2D eigenvalue weighted by Gasteiger charge is -2.19. The van der Waals surface area contributed by atoms with Crippen LogP contribution in [0.5, 0.6) is 0 Å². The Kier molecular flexibility index (Phi) is 9.52. The van der Waals surface area contributed by atoms with Crippen LogP contribution in [0.3, 0.4) is 0 Å². The lowest BCUT2D eigenvalue weighted by molar-refractivity contribution is 0.0958. The molecule has 3 N–H and O–H groups in total. The molecule has 0 aliphatic rings. The van der Waals surface area contributed by atoms with Gasteiger partial charge in [0.25, 0.3) is 5.91 Å². The molecule has 0 unspecified atom stereocenters. The van der Waals surface area contributed by atoms with Gasteiger partial charge < -0.3 is 25.6 Å². The Labute approximate surface area is 217 Å². The first-order valence-corrected chi connectivity index (χ1v) is 13.8. The Balaban J connectivity index is 1.87. The summed E-state index contributed by atoms with van der Waals surface area (Å²) in [7, 11) is 1.28. The molecule has 37 heavy (non-hydrogen) atoms. The minimum atomic E-state index is -2.39. The standard InChI is InChI=1S/C25H32N8O3S/c1-6-14-26-24(34)20-17-27-25(28-18-10-12-19(13-11-18)33(2)15-16-36-3)31-23(20)30-21-8-7-9-22(29-21)32-37(4,5)35/h6-13,17H,1,14-16H2,2-5H3,(H,26,34)(H2,27,28,29,30,31). The molecule has 2 heterocycles. The predicted molar refractivity (Wildman–Crippen MR) is 149 cm³/mol. The van der Waals surface area contributed by atoms with E-state index in [9.17, 15) is 9.00 Å². The van der Waals surface area contributed by atoms with Gasteiger partial charge in [0.05, 0.1) is 6.61 Å². The number of hydrogen-bond donors (Lipinski definition) is 3. The van der Waals surface area contributed by atoms with Crippen LogP contribution in [-0.2, 0) is 14.5 Å². The smallest absolute Gasteiger partial charge is 0.256 e. The van der Waals surface area contributed by atoms with Gasteiger partial charge in [0.2, 0.25) is 5.95 Å². The van der Waals surface area contributed by atoms with Crippen LogP contribution in [0.25, 0.3) is 0 Å². The summed E-state index contributed by atoms with van der Waals surface area (Å²) in [6.45, 7) is 5.32. The fraction of sp³-hybridized carbons (Fsp3) is 0.280. The number of anilines is 5. The van der Waals surface area contributed by atoms with E-state index in [1.54, 1.807) is 31.4 Å². The number of nitrogens with zero attached hydrogens (tertiary/aromatic N) is 5. The van der Waals surface area contributed by atoms with E-state index in [2.05, 4.69) is 46.7 Å². The number of ether oxygens (including phenoxy) is 1. The zero-order valence-electron chi connectivity index (χ0n) is 21.4. The summed E-state index contributed by atoms with van der Waals surface area (Å²) in [5, 5.41) is 8.96. The van der Waals surface area contributed by atoms with Gasteiger partial charge in [-0.05, 0) is 36.4 Å². The number of aromatic nitrogens is 3. The number of hydrogen-bond acceptors (Lipinski definition) is 10. The van der Waals surface area contributed by atoms with Crippen LogP contribution in [0.1, 0.15) is 10.4 Å². The number of methoxy groups -OCH3 is 1. The molecule has 0 aliphatic carbocycles. The van der Waals surface area contributed by atoms with Crippen LogP contribution in [0.15, 0.2) is 65.7 Å². The van der Waals surface area contributed by atoms with Crippen molar-refractivity contribution in [3.63, 3.8) is 0 Å². The van der Waals surface area contributed by atoms with Crippen LogP contribution in [0.4, 0.5) is 34.8 Å². The highest BCUT2D eigenvalue weighted by molar-refractivity contribution is 7.92.